The van der Waals surface area contributed by atoms with E-state index in [-0.39, 0.29) is 43.6 Å². The number of ketones is 1. The van der Waals surface area contributed by atoms with Crippen molar-refractivity contribution in [3.8, 4) is 0 Å². The molecule has 24 nitrogen and oxygen atoms in total. The molecule has 58 heavy (non-hydrogen) atoms. The summed E-state index contributed by atoms with van der Waals surface area (Å²) in [5.74, 6) is -0.110. The molecule has 0 aromatic heterocycles. The molecule has 0 fully saturated rings. The van der Waals surface area contributed by atoms with E-state index in [1.54, 1.807) is 12.1 Å². The summed E-state index contributed by atoms with van der Waals surface area (Å²) in [7, 11) is -29.4. The van der Waals surface area contributed by atoms with Crippen LogP contribution in [0.1, 0.15) is 109 Å². The maximum absolute atomic E-state index is 12.2. The molecule has 0 radical (unpaired) electrons. The molecule has 0 heterocycles. The second-order valence-corrected chi connectivity index (χ2v) is 19.9. The number of phosphoric ester groups is 1. The summed E-state index contributed by atoms with van der Waals surface area (Å²) < 4.78 is 75.6. The van der Waals surface area contributed by atoms with E-state index >= 15 is 0 Å². The summed E-state index contributed by atoms with van der Waals surface area (Å²) >= 11 is 0. The fraction of sp³-hybridized carbons (Fsp3) is 0.690. The van der Waals surface area contributed by atoms with E-state index in [0.717, 1.165) is 44.1 Å². The number of benzene rings is 1. The first-order valence-electron chi connectivity index (χ1n) is 17.5. The third-order valence-corrected chi connectivity index (χ3v) is 14.4. The van der Waals surface area contributed by atoms with E-state index in [4.69, 9.17) is 14.7 Å². The number of hydrogen-bond donors (Lipinski definition) is 8. The minimum absolute atomic E-state index is 0. The van der Waals surface area contributed by atoms with E-state index in [9.17, 15) is 62.0 Å². The quantitative estimate of drug-likeness (QED) is 0.0173. The summed E-state index contributed by atoms with van der Waals surface area (Å²) in [6, 6.07) is 6.17. The molecule has 0 aliphatic heterocycles. The zero-order chi connectivity index (χ0) is 43.2. The third kappa shape index (κ3) is 30.0. The average Bonchev–Trinajstić information content (AvgIpc) is 3.05. The summed E-state index contributed by atoms with van der Waals surface area (Å²) in [4.78, 5) is 101. The number of nitro groups is 1. The van der Waals surface area contributed by atoms with Crippen molar-refractivity contribution in [1.82, 2.24) is 10.6 Å². The van der Waals surface area contributed by atoms with Crippen molar-refractivity contribution in [3.63, 3.8) is 0 Å². The molecule has 0 saturated carbocycles. The van der Waals surface area contributed by atoms with Crippen LogP contribution in [0.3, 0.4) is 0 Å². The van der Waals surface area contributed by atoms with Crippen molar-refractivity contribution in [2.75, 3.05) is 19.7 Å². The van der Waals surface area contributed by atoms with Gasteiger partial charge < -0.3 is 40.0 Å². The van der Waals surface area contributed by atoms with Crippen LogP contribution < -0.4 is 10.6 Å². The Morgan fingerprint density at radius 1 is 0.603 bits per heavy atom. The molecule has 1 rings (SSSR count). The number of Topliss-reactive ketones (excluding diaryl/α,β-unsaturated/α-hetero) is 1. The molecule has 0 aliphatic carbocycles. The zero-order valence-electron chi connectivity index (χ0n) is 30.7. The van der Waals surface area contributed by atoms with Gasteiger partial charge in [-0.2, -0.15) is 17.2 Å². The molecule has 4 atom stereocenters. The highest BCUT2D eigenvalue weighted by Crippen LogP contribution is 2.73. The predicted octanol–water partition coefficient (Wildman–Crippen LogP) is 6.00. The van der Waals surface area contributed by atoms with Gasteiger partial charge in [0.05, 0.1) is 11.5 Å². The van der Waals surface area contributed by atoms with Crippen LogP contribution in [0.15, 0.2) is 24.3 Å². The largest absolute Gasteiger partial charge is 0.490 e. The van der Waals surface area contributed by atoms with Gasteiger partial charge in [-0.05, 0) is 50.5 Å². The van der Waals surface area contributed by atoms with Gasteiger partial charge in [-0.25, -0.2) is 22.8 Å². The number of amides is 2. The molecular weight excluding hydrogens is 881 g/mol. The van der Waals surface area contributed by atoms with Crippen LogP contribution in [-0.4, -0.2) is 71.6 Å². The van der Waals surface area contributed by atoms with E-state index in [0.29, 0.717) is 64.5 Å². The number of aryl methyl sites for hydroxylation is 1. The van der Waals surface area contributed by atoms with E-state index < -0.39 is 50.6 Å². The van der Waals surface area contributed by atoms with Crippen molar-refractivity contribution in [2.24, 2.45) is 0 Å². The lowest BCUT2D eigenvalue weighted by molar-refractivity contribution is -0.384. The second-order valence-electron chi connectivity index (χ2n) is 12.3. The summed E-state index contributed by atoms with van der Waals surface area (Å²) in [5.41, 5.74) is 0.705. The van der Waals surface area contributed by atoms with E-state index in [1.807, 2.05) is 0 Å². The fourth-order valence-electron chi connectivity index (χ4n) is 4.78. The van der Waals surface area contributed by atoms with Crippen LogP contribution in [-0.2, 0) is 65.4 Å². The Kier molecular flexibility index (Phi) is 26.7. The highest BCUT2D eigenvalue weighted by atomic mass is 31.3. The van der Waals surface area contributed by atoms with Crippen LogP contribution >= 0.6 is 39.1 Å². The summed E-state index contributed by atoms with van der Waals surface area (Å²) in [5, 5.41) is 16.4. The van der Waals surface area contributed by atoms with E-state index in [1.165, 1.54) is 12.1 Å². The molecule has 0 spiro atoms. The minimum Gasteiger partial charge on any atom is -0.356 e. The Morgan fingerprint density at radius 3 is 1.59 bits per heavy atom. The highest BCUT2D eigenvalue weighted by Gasteiger charge is 2.47. The van der Waals surface area contributed by atoms with Gasteiger partial charge in [0.15, 0.2) is 0 Å². The number of nitrogens with zero attached hydrogens (tertiary/aromatic N) is 1. The fourth-order valence-corrected chi connectivity index (χ4v) is 10.7. The topological polar surface area (TPSA) is 371 Å². The Bertz CT molecular complexity index is 1710. The number of nitrogens with one attached hydrogen (secondary N) is 2. The predicted molar refractivity (Wildman–Crippen MR) is 205 cm³/mol. The number of hydrogen-bond acceptors (Lipinski definition) is 15. The average molecular weight is 936 g/mol. The first-order valence-corrected chi connectivity index (χ1v) is 25.1. The summed E-state index contributed by atoms with van der Waals surface area (Å²) in [6.07, 6.45) is 8.73. The van der Waals surface area contributed by atoms with Crippen LogP contribution in [0.5, 0.6) is 0 Å². The zero-order valence-corrected chi connectivity index (χ0v) is 35.2. The number of unbranched alkanes of at least 4 members (excludes halogenated alkanes) is 8. The number of nitro benzene ring substituents is 1. The Morgan fingerprint density at radius 2 is 1.05 bits per heavy atom. The number of phosphoric acid groups is 5. The first kappa shape index (κ1) is 55.9. The normalized spacial score (nSPS) is 15.8. The van der Waals surface area contributed by atoms with Gasteiger partial charge >= 0.3 is 39.1 Å². The maximum atomic E-state index is 12.2. The molecule has 336 valence electrons. The van der Waals surface area contributed by atoms with Gasteiger partial charge in [0.2, 0.25) is 11.8 Å². The highest BCUT2D eigenvalue weighted by molar-refractivity contribution is 7.71. The molecule has 0 saturated heterocycles. The molecule has 8 N–H and O–H groups in total. The van der Waals surface area contributed by atoms with Crippen molar-refractivity contribution in [1.29, 1.82) is 0 Å². The van der Waals surface area contributed by atoms with Crippen LogP contribution in [0.4, 0.5) is 5.69 Å². The number of non-ortho nitro benzene ring substituents is 1. The molecule has 1 aromatic rings. The number of carbonyl (C=O) groups is 3. The van der Waals surface area contributed by atoms with Gasteiger partial charge in [0.1, 0.15) is 5.78 Å². The smallest absolute Gasteiger partial charge is 0.356 e. The molecule has 0 bridgehead atoms. The SMILES string of the molecule is C.O=C(CCCCCCC(=O)NCCCCCCOP(=O)(O)OP(=O)(O)OP(=O)(O)OP(=O)(O)OP(=O)(O)O)CCCCCNC(=O)CCc1cccc([N+](=O)[O-])c1. The number of carbonyl (C=O) groups excluding carboxylic acids is 3. The minimum atomic E-state index is -6.16. The van der Waals surface area contributed by atoms with Gasteiger partial charge in [0, 0.05) is 50.9 Å². The Labute approximate surface area is 335 Å². The lowest BCUT2D eigenvalue weighted by atomic mass is 10.0. The van der Waals surface area contributed by atoms with Crippen molar-refractivity contribution >= 4 is 62.4 Å². The maximum Gasteiger partial charge on any atom is 0.490 e. The molecule has 1 aromatic carbocycles. The standard InChI is InChI=1S/C28H50N3O21P5.CH4/c32-26(16-7-5-10-21-30-28(34)19-18-24-13-12-14-25(23-24)31(35)36)15-6-1-2-8-17-27(33)29-20-9-3-4-11-22-48-54(40,41)50-56(44,45)52-57(46,47)51-55(42,43)49-53(37,38)39;/h12-14,23H,1-11,15-22H2,(H,29,33)(H,30,34)(H,40,41)(H,42,43)(H,44,45)(H,46,47)(H2,37,38,39);1H4. The Balaban J connectivity index is 0.0000325. The van der Waals surface area contributed by atoms with E-state index in [2.05, 4.69) is 32.4 Å². The van der Waals surface area contributed by atoms with Crippen LogP contribution in [0.25, 0.3) is 0 Å². The van der Waals surface area contributed by atoms with Crippen molar-refractivity contribution < 1.29 is 93.3 Å². The lowest BCUT2D eigenvalue weighted by Gasteiger charge is -2.19. The Hall–Kier alpha value is -2.06. The van der Waals surface area contributed by atoms with Crippen LogP contribution in [0.2, 0.25) is 0 Å². The molecule has 29 heteroatoms. The van der Waals surface area contributed by atoms with Crippen molar-refractivity contribution in [3.05, 3.63) is 39.9 Å². The molecule has 0 aliphatic rings. The monoisotopic (exact) mass is 935 g/mol. The molecule has 2 amide bonds. The number of rotatable bonds is 33. The van der Waals surface area contributed by atoms with Crippen LogP contribution in [0, 0.1) is 10.1 Å². The lowest BCUT2D eigenvalue weighted by Crippen LogP contribution is -2.24. The van der Waals surface area contributed by atoms with Gasteiger partial charge in [-0.15, -0.1) is 0 Å². The van der Waals surface area contributed by atoms with Gasteiger partial charge in [-0.1, -0.05) is 51.7 Å². The molecule has 4 unspecified atom stereocenters. The van der Waals surface area contributed by atoms with Crippen molar-refractivity contribution in [2.45, 2.75) is 110 Å². The van der Waals surface area contributed by atoms with Gasteiger partial charge in [-0.3, -0.25) is 29.0 Å². The summed E-state index contributed by atoms with van der Waals surface area (Å²) in [6.45, 7) is 0.351. The second kappa shape index (κ2) is 27.7. The molecular formula is C29H54N3O21P5. The third-order valence-electron chi connectivity index (χ3n) is 7.30. The first-order chi connectivity index (χ1) is 26.4. The van der Waals surface area contributed by atoms with Gasteiger partial charge in [0.25, 0.3) is 5.69 Å².